The summed E-state index contributed by atoms with van der Waals surface area (Å²) >= 11 is 6.02. The molecule has 0 saturated carbocycles. The zero-order valence-electron chi connectivity index (χ0n) is 17.5. The molecule has 148 valence electrons. The van der Waals surface area contributed by atoms with Gasteiger partial charge < -0.3 is 10.1 Å². The van der Waals surface area contributed by atoms with E-state index in [0.29, 0.717) is 11.5 Å². The van der Waals surface area contributed by atoms with Crippen molar-refractivity contribution < 1.29 is 10.1 Å². The quantitative estimate of drug-likeness (QED) is 0.579. The number of nitrogens with two attached hydrogens (primary N) is 1. The Morgan fingerprint density at radius 2 is 1.85 bits per heavy atom. The molecule has 1 saturated heterocycles. The zero-order valence-corrected chi connectivity index (χ0v) is 18.2. The summed E-state index contributed by atoms with van der Waals surface area (Å²) < 4.78 is 6.16. The lowest BCUT2D eigenvalue weighted by atomic mass is 9.67. The Hall–Kier alpha value is -0.570. The Bertz CT molecular complexity index is 544. The maximum Gasteiger partial charge on any atom is 0.109 e. The molecule has 0 radical (unpaired) electrons. The zero-order chi connectivity index (χ0) is 19.2. The van der Waals surface area contributed by atoms with Crippen molar-refractivity contribution in [1.82, 2.24) is 0 Å². The van der Waals surface area contributed by atoms with Crippen molar-refractivity contribution in [1.29, 1.82) is 0 Å². The number of quaternary nitrogens is 1. The van der Waals surface area contributed by atoms with Gasteiger partial charge in [0.05, 0.1) is 12.1 Å². The summed E-state index contributed by atoms with van der Waals surface area (Å²) in [4.78, 5) is 0. The highest BCUT2D eigenvalue weighted by Crippen LogP contribution is 2.46. The van der Waals surface area contributed by atoms with Crippen LogP contribution in [0, 0.1) is 11.3 Å². The van der Waals surface area contributed by atoms with Crippen LogP contribution in [0.15, 0.2) is 24.3 Å². The van der Waals surface area contributed by atoms with Crippen molar-refractivity contribution in [2.75, 3.05) is 13.2 Å². The summed E-state index contributed by atoms with van der Waals surface area (Å²) in [5.74, 6) is 0.777. The second kappa shape index (κ2) is 9.57. The van der Waals surface area contributed by atoms with Crippen molar-refractivity contribution in [2.45, 2.75) is 84.8 Å². The molecule has 3 heteroatoms. The van der Waals surface area contributed by atoms with Crippen LogP contribution in [-0.2, 0) is 4.74 Å². The molecule has 2 rings (SSSR count). The second-order valence-corrected chi connectivity index (χ2v) is 9.56. The number of hydrogen-bond donors (Lipinski definition) is 1. The smallest absolute Gasteiger partial charge is 0.109 e. The van der Waals surface area contributed by atoms with E-state index < -0.39 is 0 Å². The highest BCUT2D eigenvalue weighted by molar-refractivity contribution is 6.30. The Balaban J connectivity index is 1.96. The van der Waals surface area contributed by atoms with E-state index in [9.17, 15) is 0 Å². The summed E-state index contributed by atoms with van der Waals surface area (Å²) in [7, 11) is 0. The molecule has 2 N–H and O–H groups in total. The molecule has 0 spiro atoms. The Labute approximate surface area is 166 Å². The molecular weight excluding hydrogens is 342 g/mol. The van der Waals surface area contributed by atoms with Gasteiger partial charge in [-0.1, -0.05) is 50.9 Å². The van der Waals surface area contributed by atoms with Gasteiger partial charge in [0.15, 0.2) is 0 Å². The topological polar surface area (TPSA) is 25.8 Å². The Morgan fingerprint density at radius 3 is 2.46 bits per heavy atom. The van der Waals surface area contributed by atoms with Crippen LogP contribution in [0.25, 0.3) is 0 Å². The van der Waals surface area contributed by atoms with Crippen molar-refractivity contribution in [3.05, 3.63) is 34.9 Å². The molecule has 26 heavy (non-hydrogen) atoms. The van der Waals surface area contributed by atoms with Gasteiger partial charge in [-0.15, -0.1) is 0 Å². The minimum atomic E-state index is 0.0665. The molecule has 0 amide bonds. The van der Waals surface area contributed by atoms with Crippen LogP contribution in [0.3, 0.4) is 0 Å². The average molecular weight is 381 g/mol. The molecule has 0 bridgehead atoms. The standard InChI is InChI=1S/C23H38ClNO/c1-6-22(5)17-23(14-16-26-22,12-11-18(2)3)13-15-25-19(4)20-7-9-21(24)10-8-20/h7-10,18-19,25H,6,11-17H2,1-5H3/p+1/t19-,22+,23-/m0/s1. The summed E-state index contributed by atoms with van der Waals surface area (Å²) in [5, 5.41) is 3.31. The third kappa shape index (κ3) is 6.25. The Kier molecular flexibility index (Phi) is 8.00. The highest BCUT2D eigenvalue weighted by atomic mass is 35.5. The van der Waals surface area contributed by atoms with Gasteiger partial charge in [-0.3, -0.25) is 0 Å². The minimum absolute atomic E-state index is 0.0665. The van der Waals surface area contributed by atoms with Crippen LogP contribution in [0.4, 0.5) is 0 Å². The number of benzene rings is 1. The first-order valence-electron chi connectivity index (χ1n) is 10.5. The molecule has 1 heterocycles. The number of halogens is 1. The van der Waals surface area contributed by atoms with E-state index in [4.69, 9.17) is 16.3 Å². The molecule has 1 aliphatic heterocycles. The van der Waals surface area contributed by atoms with Crippen LogP contribution >= 0.6 is 11.6 Å². The van der Waals surface area contributed by atoms with Gasteiger partial charge in [0.1, 0.15) is 6.04 Å². The minimum Gasteiger partial charge on any atom is -0.375 e. The van der Waals surface area contributed by atoms with Gasteiger partial charge in [-0.2, -0.15) is 0 Å². The van der Waals surface area contributed by atoms with Crippen LogP contribution in [-0.4, -0.2) is 18.8 Å². The summed E-state index contributed by atoms with van der Waals surface area (Å²) in [6.07, 6.45) is 7.50. The molecule has 0 aromatic heterocycles. The monoisotopic (exact) mass is 380 g/mol. The van der Waals surface area contributed by atoms with Gasteiger partial charge in [0.2, 0.25) is 0 Å². The Morgan fingerprint density at radius 1 is 1.15 bits per heavy atom. The molecule has 1 aromatic carbocycles. The first-order chi connectivity index (χ1) is 12.3. The normalized spacial score (nSPS) is 27.7. The van der Waals surface area contributed by atoms with Crippen molar-refractivity contribution in [3.8, 4) is 0 Å². The van der Waals surface area contributed by atoms with Gasteiger partial charge in [0, 0.05) is 23.6 Å². The van der Waals surface area contributed by atoms with E-state index in [1.165, 1.54) is 44.2 Å². The molecule has 1 aromatic rings. The first-order valence-corrected chi connectivity index (χ1v) is 10.9. The number of rotatable bonds is 9. The molecule has 0 aliphatic carbocycles. The lowest BCUT2D eigenvalue weighted by molar-refractivity contribution is -0.694. The highest BCUT2D eigenvalue weighted by Gasteiger charge is 2.42. The van der Waals surface area contributed by atoms with Crippen molar-refractivity contribution in [3.63, 3.8) is 0 Å². The van der Waals surface area contributed by atoms with Crippen LogP contribution < -0.4 is 5.32 Å². The van der Waals surface area contributed by atoms with Crippen LogP contribution in [0.1, 0.15) is 84.7 Å². The van der Waals surface area contributed by atoms with E-state index >= 15 is 0 Å². The first kappa shape index (κ1) is 21.7. The second-order valence-electron chi connectivity index (χ2n) is 9.13. The largest absolute Gasteiger partial charge is 0.375 e. The van der Waals surface area contributed by atoms with E-state index in [1.807, 2.05) is 12.1 Å². The van der Waals surface area contributed by atoms with E-state index in [0.717, 1.165) is 24.0 Å². The maximum atomic E-state index is 6.16. The fraction of sp³-hybridized carbons (Fsp3) is 0.739. The van der Waals surface area contributed by atoms with Crippen LogP contribution in [0.5, 0.6) is 0 Å². The van der Waals surface area contributed by atoms with E-state index in [1.54, 1.807) is 0 Å². The van der Waals surface area contributed by atoms with Gasteiger partial charge in [-0.05, 0) is 63.0 Å². The average Bonchev–Trinajstić information content (AvgIpc) is 2.61. The predicted molar refractivity (Wildman–Crippen MR) is 112 cm³/mol. The third-order valence-electron chi connectivity index (χ3n) is 6.42. The fourth-order valence-corrected chi connectivity index (χ4v) is 4.49. The third-order valence-corrected chi connectivity index (χ3v) is 6.67. The van der Waals surface area contributed by atoms with Crippen molar-refractivity contribution in [2.24, 2.45) is 11.3 Å². The number of ether oxygens (including phenoxy) is 1. The molecular formula is C23H39ClNO+. The van der Waals surface area contributed by atoms with Crippen molar-refractivity contribution >= 4 is 11.6 Å². The summed E-state index contributed by atoms with van der Waals surface area (Å²) in [5.41, 5.74) is 1.87. The lowest BCUT2D eigenvalue weighted by Crippen LogP contribution is -2.85. The fourth-order valence-electron chi connectivity index (χ4n) is 4.36. The maximum absolute atomic E-state index is 6.16. The van der Waals surface area contributed by atoms with E-state index in [2.05, 4.69) is 52.1 Å². The van der Waals surface area contributed by atoms with Crippen LogP contribution in [0.2, 0.25) is 5.02 Å². The molecule has 2 nitrogen and oxygen atoms in total. The van der Waals surface area contributed by atoms with E-state index in [-0.39, 0.29) is 5.60 Å². The summed E-state index contributed by atoms with van der Waals surface area (Å²) in [6.45, 7) is 13.7. The van der Waals surface area contributed by atoms with Gasteiger partial charge >= 0.3 is 0 Å². The SMILES string of the molecule is CC[C@]1(C)C[C@](CC[NH2+][C@@H](C)c2ccc(Cl)cc2)(CCC(C)C)CCO1. The predicted octanol–water partition coefficient (Wildman–Crippen LogP) is 5.76. The van der Waals surface area contributed by atoms with Gasteiger partial charge in [-0.25, -0.2) is 0 Å². The molecule has 3 atom stereocenters. The summed E-state index contributed by atoms with van der Waals surface area (Å²) in [6, 6.07) is 8.78. The van der Waals surface area contributed by atoms with Gasteiger partial charge in [0.25, 0.3) is 0 Å². The molecule has 1 fully saturated rings. The number of hydrogen-bond acceptors (Lipinski definition) is 1. The molecule has 1 aliphatic rings. The molecule has 0 unspecified atom stereocenters. The lowest BCUT2D eigenvalue weighted by Gasteiger charge is -2.46.